The van der Waals surface area contributed by atoms with Gasteiger partial charge in [0, 0.05) is 18.8 Å². The molecular weight excluding hydrogens is 200 g/mol. The van der Waals surface area contributed by atoms with Crippen LogP contribution >= 0.6 is 0 Å². The van der Waals surface area contributed by atoms with E-state index < -0.39 is 0 Å². The highest BCUT2D eigenvalue weighted by molar-refractivity contribution is 5.24. The van der Waals surface area contributed by atoms with Crippen molar-refractivity contribution in [3.8, 4) is 0 Å². The quantitative estimate of drug-likeness (QED) is 0.581. The number of aryl methyl sites for hydroxylation is 2. The lowest BCUT2D eigenvalue weighted by Crippen LogP contribution is -2.37. The van der Waals surface area contributed by atoms with Gasteiger partial charge in [0.05, 0.1) is 5.69 Å². The van der Waals surface area contributed by atoms with Crippen molar-refractivity contribution in [2.45, 2.75) is 45.6 Å². The van der Waals surface area contributed by atoms with Crippen molar-refractivity contribution >= 4 is 0 Å². The molecule has 0 aromatic carbocycles. The van der Waals surface area contributed by atoms with Crippen LogP contribution in [0.4, 0.5) is 0 Å². The van der Waals surface area contributed by atoms with Crippen LogP contribution in [0, 0.1) is 19.8 Å². The molecule has 4 nitrogen and oxygen atoms in total. The number of hydrazine groups is 1. The molecular formula is C12H22N4. The third-order valence-corrected chi connectivity index (χ3v) is 3.77. The molecule has 16 heavy (non-hydrogen) atoms. The van der Waals surface area contributed by atoms with Crippen LogP contribution in [0.1, 0.15) is 36.2 Å². The summed E-state index contributed by atoms with van der Waals surface area (Å²) in [4.78, 5) is 0. The summed E-state index contributed by atoms with van der Waals surface area (Å²) in [7, 11) is 2.01. The SMILES string of the molecule is Cc1nn(C)c(C)c1CCC(NN)C1CC1. The molecule has 1 atom stereocenters. The van der Waals surface area contributed by atoms with Crippen molar-refractivity contribution in [3.63, 3.8) is 0 Å². The van der Waals surface area contributed by atoms with Crippen LogP contribution in [0.3, 0.4) is 0 Å². The van der Waals surface area contributed by atoms with Crippen molar-refractivity contribution in [2.75, 3.05) is 0 Å². The molecule has 0 amide bonds. The maximum absolute atomic E-state index is 5.59. The van der Waals surface area contributed by atoms with E-state index in [2.05, 4.69) is 24.4 Å². The number of aromatic nitrogens is 2. The summed E-state index contributed by atoms with van der Waals surface area (Å²) in [5.74, 6) is 6.40. The normalized spacial score (nSPS) is 17.8. The van der Waals surface area contributed by atoms with E-state index in [4.69, 9.17) is 5.84 Å². The summed E-state index contributed by atoms with van der Waals surface area (Å²) in [5.41, 5.74) is 6.79. The van der Waals surface area contributed by atoms with Gasteiger partial charge in [-0.3, -0.25) is 16.0 Å². The molecule has 1 aromatic heterocycles. The molecule has 1 aliphatic carbocycles. The second kappa shape index (κ2) is 4.55. The Kier molecular flexibility index (Phi) is 3.30. The maximum Gasteiger partial charge on any atom is 0.0628 e. The van der Waals surface area contributed by atoms with Crippen LogP contribution in [0.5, 0.6) is 0 Å². The van der Waals surface area contributed by atoms with Crippen LogP contribution in [0.2, 0.25) is 0 Å². The zero-order valence-corrected chi connectivity index (χ0v) is 10.5. The first-order chi connectivity index (χ1) is 7.63. The van der Waals surface area contributed by atoms with E-state index in [0.717, 1.165) is 24.5 Å². The van der Waals surface area contributed by atoms with E-state index in [-0.39, 0.29) is 0 Å². The fraction of sp³-hybridized carbons (Fsp3) is 0.750. The van der Waals surface area contributed by atoms with Gasteiger partial charge in [-0.25, -0.2) is 0 Å². The van der Waals surface area contributed by atoms with Gasteiger partial charge in [0.2, 0.25) is 0 Å². The Hall–Kier alpha value is -0.870. The highest BCUT2D eigenvalue weighted by Crippen LogP contribution is 2.34. The van der Waals surface area contributed by atoms with Crippen LogP contribution in [0.25, 0.3) is 0 Å². The molecule has 90 valence electrons. The van der Waals surface area contributed by atoms with Gasteiger partial charge in [0.1, 0.15) is 0 Å². The molecule has 0 aliphatic heterocycles. The first kappa shape index (κ1) is 11.6. The average molecular weight is 222 g/mol. The fourth-order valence-corrected chi connectivity index (χ4v) is 2.43. The van der Waals surface area contributed by atoms with Crippen LogP contribution < -0.4 is 11.3 Å². The van der Waals surface area contributed by atoms with Crippen LogP contribution in [-0.4, -0.2) is 15.8 Å². The molecule has 1 unspecified atom stereocenters. The monoisotopic (exact) mass is 222 g/mol. The fourth-order valence-electron chi connectivity index (χ4n) is 2.43. The van der Waals surface area contributed by atoms with Gasteiger partial charge in [-0.15, -0.1) is 0 Å². The van der Waals surface area contributed by atoms with Crippen LogP contribution in [0.15, 0.2) is 0 Å². The molecule has 1 heterocycles. The van der Waals surface area contributed by atoms with Crippen molar-refractivity contribution < 1.29 is 0 Å². The van der Waals surface area contributed by atoms with E-state index in [0.29, 0.717) is 6.04 Å². The number of nitrogens with one attached hydrogen (secondary N) is 1. The minimum absolute atomic E-state index is 0.485. The Morgan fingerprint density at radius 2 is 2.19 bits per heavy atom. The Morgan fingerprint density at radius 1 is 1.50 bits per heavy atom. The van der Waals surface area contributed by atoms with E-state index in [1.165, 1.54) is 24.1 Å². The molecule has 0 spiro atoms. The summed E-state index contributed by atoms with van der Waals surface area (Å²) in [6, 6.07) is 0.485. The van der Waals surface area contributed by atoms with E-state index in [1.54, 1.807) is 0 Å². The largest absolute Gasteiger partial charge is 0.272 e. The van der Waals surface area contributed by atoms with Gasteiger partial charge in [-0.1, -0.05) is 0 Å². The lowest BCUT2D eigenvalue weighted by Gasteiger charge is -2.14. The first-order valence-corrected chi connectivity index (χ1v) is 6.08. The Balaban J connectivity index is 1.97. The van der Waals surface area contributed by atoms with Gasteiger partial charge >= 0.3 is 0 Å². The standard InChI is InChI=1S/C12H22N4/c1-8-11(9(2)16(3)15-8)6-7-12(14-13)10-4-5-10/h10,12,14H,4-7,13H2,1-3H3. The van der Waals surface area contributed by atoms with Crippen molar-refractivity contribution in [1.82, 2.24) is 15.2 Å². The molecule has 0 saturated heterocycles. The highest BCUT2D eigenvalue weighted by atomic mass is 15.3. The number of hydrogen-bond donors (Lipinski definition) is 2. The summed E-state index contributed by atoms with van der Waals surface area (Å²) in [6.45, 7) is 4.22. The zero-order valence-electron chi connectivity index (χ0n) is 10.5. The van der Waals surface area contributed by atoms with Gasteiger partial charge < -0.3 is 0 Å². The van der Waals surface area contributed by atoms with E-state index in [9.17, 15) is 0 Å². The van der Waals surface area contributed by atoms with Crippen molar-refractivity contribution in [3.05, 3.63) is 17.0 Å². The average Bonchev–Trinajstić information content (AvgIpc) is 3.03. The van der Waals surface area contributed by atoms with E-state index in [1.807, 2.05) is 11.7 Å². The minimum atomic E-state index is 0.485. The maximum atomic E-state index is 5.59. The summed E-state index contributed by atoms with van der Waals surface area (Å²) >= 11 is 0. The smallest absolute Gasteiger partial charge is 0.0628 e. The second-order valence-corrected chi connectivity index (χ2v) is 4.92. The molecule has 3 N–H and O–H groups in total. The number of nitrogens with two attached hydrogens (primary N) is 1. The number of hydrogen-bond acceptors (Lipinski definition) is 3. The topological polar surface area (TPSA) is 55.9 Å². The molecule has 0 radical (unpaired) electrons. The van der Waals surface area contributed by atoms with Crippen molar-refractivity contribution in [2.24, 2.45) is 18.8 Å². The first-order valence-electron chi connectivity index (χ1n) is 6.08. The lowest BCUT2D eigenvalue weighted by atomic mass is 10.0. The Labute approximate surface area is 97.2 Å². The van der Waals surface area contributed by atoms with Gasteiger partial charge in [0.25, 0.3) is 0 Å². The predicted molar refractivity (Wildman–Crippen MR) is 64.8 cm³/mol. The minimum Gasteiger partial charge on any atom is -0.272 e. The third-order valence-electron chi connectivity index (χ3n) is 3.77. The van der Waals surface area contributed by atoms with Gasteiger partial charge in [-0.2, -0.15) is 5.10 Å². The molecule has 2 rings (SSSR count). The van der Waals surface area contributed by atoms with E-state index >= 15 is 0 Å². The molecule has 1 saturated carbocycles. The molecule has 4 heteroatoms. The third kappa shape index (κ3) is 2.28. The molecule has 1 fully saturated rings. The predicted octanol–water partition coefficient (Wildman–Crippen LogP) is 1.21. The highest BCUT2D eigenvalue weighted by Gasteiger charge is 2.30. The Bertz CT molecular complexity index is 365. The summed E-state index contributed by atoms with van der Waals surface area (Å²) in [6.07, 6.45) is 4.87. The molecule has 1 aliphatic rings. The van der Waals surface area contributed by atoms with Gasteiger partial charge in [-0.05, 0) is 51.0 Å². The van der Waals surface area contributed by atoms with Crippen molar-refractivity contribution in [1.29, 1.82) is 0 Å². The summed E-state index contributed by atoms with van der Waals surface area (Å²) < 4.78 is 1.96. The lowest BCUT2D eigenvalue weighted by molar-refractivity contribution is 0.445. The molecule has 0 bridgehead atoms. The number of nitrogens with zero attached hydrogens (tertiary/aromatic N) is 2. The summed E-state index contributed by atoms with van der Waals surface area (Å²) in [5, 5.41) is 4.44. The molecule has 1 aromatic rings. The van der Waals surface area contributed by atoms with Gasteiger partial charge in [0.15, 0.2) is 0 Å². The van der Waals surface area contributed by atoms with Crippen LogP contribution in [-0.2, 0) is 13.5 Å². The Morgan fingerprint density at radius 3 is 2.62 bits per heavy atom. The zero-order chi connectivity index (χ0) is 11.7. The number of rotatable bonds is 5. The second-order valence-electron chi connectivity index (χ2n) is 4.92.